The summed E-state index contributed by atoms with van der Waals surface area (Å²) in [5.41, 5.74) is 2.76. The van der Waals surface area contributed by atoms with Gasteiger partial charge >= 0.3 is 0 Å². The highest BCUT2D eigenvalue weighted by Crippen LogP contribution is 2.38. The number of hydrogen-bond donors (Lipinski definition) is 1. The van der Waals surface area contributed by atoms with Crippen LogP contribution in [0.3, 0.4) is 0 Å². The molecule has 0 aliphatic rings. The first kappa shape index (κ1) is 18.2. The lowest BCUT2D eigenvalue weighted by molar-refractivity contribution is 0.102. The molecule has 2 aromatic carbocycles. The Kier molecular flexibility index (Phi) is 5.20. The van der Waals surface area contributed by atoms with E-state index in [1.165, 1.54) is 27.7 Å². The van der Waals surface area contributed by atoms with Crippen molar-refractivity contribution in [2.24, 2.45) is 0 Å². The Balaban J connectivity index is 1.86. The number of ether oxygens (including phenoxy) is 3. The molecule has 1 amide bonds. The van der Waals surface area contributed by atoms with Gasteiger partial charge in [0.15, 0.2) is 11.5 Å². The van der Waals surface area contributed by atoms with Crippen LogP contribution in [0.2, 0.25) is 0 Å². The second-order valence-corrected chi connectivity index (χ2v) is 5.62. The molecular weight excluding hydrogens is 350 g/mol. The second-order valence-electron chi connectivity index (χ2n) is 5.62. The maximum Gasteiger partial charge on any atom is 0.255 e. The van der Waals surface area contributed by atoms with Gasteiger partial charge in [0, 0.05) is 11.3 Å². The number of hydrogen-bond acceptors (Lipinski definition) is 7. The topological polar surface area (TPSA) is 100 Å². The standard InChI is InChI=1S/C18H19N5O4/c1-11-7-13(5-6-14(11)23-10-19-21-22-23)20-18(24)12-8-15(25-2)17(27-4)16(9-12)26-3/h5-10H,1-4H3,(H,20,24). The zero-order valence-corrected chi connectivity index (χ0v) is 15.4. The minimum absolute atomic E-state index is 0.302. The van der Waals surface area contributed by atoms with E-state index in [-0.39, 0.29) is 5.91 Å². The van der Waals surface area contributed by atoms with Gasteiger partial charge in [-0.1, -0.05) is 0 Å². The molecule has 0 radical (unpaired) electrons. The summed E-state index contributed by atoms with van der Waals surface area (Å²) in [6.45, 7) is 1.91. The molecule has 0 aliphatic heterocycles. The number of benzene rings is 2. The highest BCUT2D eigenvalue weighted by molar-refractivity contribution is 6.05. The largest absolute Gasteiger partial charge is 0.493 e. The second kappa shape index (κ2) is 7.73. The van der Waals surface area contributed by atoms with Gasteiger partial charge in [0.05, 0.1) is 27.0 Å². The van der Waals surface area contributed by atoms with Gasteiger partial charge in [0.1, 0.15) is 6.33 Å². The van der Waals surface area contributed by atoms with Crippen LogP contribution in [0.5, 0.6) is 17.2 Å². The van der Waals surface area contributed by atoms with Crippen LogP contribution in [-0.4, -0.2) is 47.4 Å². The van der Waals surface area contributed by atoms with E-state index in [4.69, 9.17) is 14.2 Å². The van der Waals surface area contributed by atoms with Gasteiger partial charge in [0.2, 0.25) is 5.75 Å². The van der Waals surface area contributed by atoms with Crippen molar-refractivity contribution in [3.63, 3.8) is 0 Å². The van der Waals surface area contributed by atoms with Crippen molar-refractivity contribution in [1.82, 2.24) is 20.2 Å². The SMILES string of the molecule is COc1cc(C(=O)Nc2ccc(-n3cnnn3)c(C)c2)cc(OC)c1OC. The minimum Gasteiger partial charge on any atom is -0.493 e. The third-order valence-electron chi connectivity index (χ3n) is 3.98. The quantitative estimate of drug-likeness (QED) is 0.711. The maximum absolute atomic E-state index is 12.7. The Hall–Kier alpha value is -3.62. The highest BCUT2D eigenvalue weighted by Gasteiger charge is 2.17. The highest BCUT2D eigenvalue weighted by atomic mass is 16.5. The molecule has 27 heavy (non-hydrogen) atoms. The van der Waals surface area contributed by atoms with Gasteiger partial charge in [-0.05, 0) is 53.2 Å². The van der Waals surface area contributed by atoms with E-state index in [1.807, 2.05) is 19.1 Å². The van der Waals surface area contributed by atoms with Crippen LogP contribution < -0.4 is 19.5 Å². The molecule has 0 saturated heterocycles. The first-order chi connectivity index (χ1) is 13.1. The summed E-state index contributed by atoms with van der Waals surface area (Å²) in [5, 5.41) is 14.0. The molecule has 1 heterocycles. The van der Waals surface area contributed by atoms with Crippen molar-refractivity contribution in [2.45, 2.75) is 6.92 Å². The summed E-state index contributed by atoms with van der Waals surface area (Å²) < 4.78 is 17.4. The number of rotatable bonds is 6. The zero-order chi connectivity index (χ0) is 19.4. The first-order valence-corrected chi connectivity index (χ1v) is 8.02. The Morgan fingerprint density at radius 1 is 1.04 bits per heavy atom. The molecule has 1 aromatic heterocycles. The molecule has 0 saturated carbocycles. The Morgan fingerprint density at radius 2 is 1.74 bits per heavy atom. The normalized spacial score (nSPS) is 10.4. The van der Waals surface area contributed by atoms with Crippen LogP contribution in [0.15, 0.2) is 36.7 Å². The van der Waals surface area contributed by atoms with E-state index in [0.29, 0.717) is 28.5 Å². The molecule has 0 unspecified atom stereocenters. The molecule has 9 nitrogen and oxygen atoms in total. The van der Waals surface area contributed by atoms with Crippen LogP contribution in [0, 0.1) is 6.92 Å². The molecule has 3 aromatic rings. The van der Waals surface area contributed by atoms with E-state index < -0.39 is 0 Å². The van der Waals surface area contributed by atoms with Crippen LogP contribution in [0.4, 0.5) is 5.69 Å². The summed E-state index contributed by atoms with van der Waals surface area (Å²) in [6.07, 6.45) is 1.51. The lowest BCUT2D eigenvalue weighted by Crippen LogP contribution is -2.13. The van der Waals surface area contributed by atoms with Gasteiger partial charge in [0.25, 0.3) is 5.91 Å². The molecule has 0 aliphatic carbocycles. The van der Waals surface area contributed by atoms with Crippen molar-refractivity contribution in [3.05, 3.63) is 47.8 Å². The van der Waals surface area contributed by atoms with E-state index in [0.717, 1.165) is 11.3 Å². The fourth-order valence-electron chi connectivity index (χ4n) is 2.68. The predicted molar refractivity (Wildman–Crippen MR) is 97.9 cm³/mol. The number of nitrogens with one attached hydrogen (secondary N) is 1. The number of aryl methyl sites for hydroxylation is 1. The van der Waals surface area contributed by atoms with Crippen molar-refractivity contribution in [1.29, 1.82) is 0 Å². The number of nitrogens with zero attached hydrogens (tertiary/aromatic N) is 4. The van der Waals surface area contributed by atoms with Gasteiger partial charge in [-0.25, -0.2) is 4.68 Å². The summed E-state index contributed by atoms with van der Waals surface area (Å²) in [4.78, 5) is 12.7. The van der Waals surface area contributed by atoms with Crippen molar-refractivity contribution < 1.29 is 19.0 Å². The van der Waals surface area contributed by atoms with Gasteiger partial charge in [-0.15, -0.1) is 5.10 Å². The molecule has 3 rings (SSSR count). The van der Waals surface area contributed by atoms with E-state index in [1.54, 1.807) is 22.9 Å². The molecule has 0 fully saturated rings. The number of aromatic nitrogens is 4. The third-order valence-corrected chi connectivity index (χ3v) is 3.98. The summed E-state index contributed by atoms with van der Waals surface area (Å²) in [5.74, 6) is 0.946. The zero-order valence-electron chi connectivity index (χ0n) is 15.4. The molecule has 1 N–H and O–H groups in total. The summed E-state index contributed by atoms with van der Waals surface area (Å²) in [7, 11) is 4.51. The van der Waals surface area contributed by atoms with Gasteiger partial charge < -0.3 is 19.5 Å². The number of tetrazole rings is 1. The fraction of sp³-hybridized carbons (Fsp3) is 0.222. The molecule has 0 bridgehead atoms. The average Bonchev–Trinajstić information content (AvgIpc) is 3.21. The molecule has 0 spiro atoms. The van der Waals surface area contributed by atoms with Crippen molar-refractivity contribution in [3.8, 4) is 22.9 Å². The fourth-order valence-corrected chi connectivity index (χ4v) is 2.68. The van der Waals surface area contributed by atoms with E-state index in [2.05, 4.69) is 20.8 Å². The molecule has 0 atom stereocenters. The lowest BCUT2D eigenvalue weighted by atomic mass is 10.1. The summed E-state index contributed by atoms with van der Waals surface area (Å²) in [6, 6.07) is 8.64. The number of carbonyl (C=O) groups is 1. The molecular formula is C18H19N5O4. The lowest BCUT2D eigenvalue weighted by Gasteiger charge is -2.14. The number of carbonyl (C=O) groups excluding carboxylic acids is 1. The first-order valence-electron chi connectivity index (χ1n) is 8.02. The smallest absolute Gasteiger partial charge is 0.255 e. The van der Waals surface area contributed by atoms with E-state index in [9.17, 15) is 4.79 Å². The number of anilines is 1. The molecule has 140 valence electrons. The van der Waals surface area contributed by atoms with Gasteiger partial charge in [-0.3, -0.25) is 4.79 Å². The maximum atomic E-state index is 12.7. The van der Waals surface area contributed by atoms with Crippen LogP contribution >= 0.6 is 0 Å². The number of methoxy groups -OCH3 is 3. The van der Waals surface area contributed by atoms with E-state index >= 15 is 0 Å². The third kappa shape index (κ3) is 3.66. The predicted octanol–water partition coefficient (Wildman–Crippen LogP) is 2.25. The molecule has 9 heteroatoms. The average molecular weight is 369 g/mol. The number of amides is 1. The van der Waals surface area contributed by atoms with Crippen LogP contribution in [0.25, 0.3) is 5.69 Å². The Labute approximate surface area is 155 Å². The minimum atomic E-state index is -0.302. The van der Waals surface area contributed by atoms with Crippen molar-refractivity contribution >= 4 is 11.6 Å². The Bertz CT molecular complexity index is 931. The Morgan fingerprint density at radius 3 is 2.26 bits per heavy atom. The van der Waals surface area contributed by atoms with Crippen LogP contribution in [-0.2, 0) is 0 Å². The van der Waals surface area contributed by atoms with Crippen molar-refractivity contribution in [2.75, 3.05) is 26.6 Å². The summed E-state index contributed by atoms with van der Waals surface area (Å²) >= 11 is 0. The van der Waals surface area contributed by atoms with Gasteiger partial charge in [-0.2, -0.15) is 0 Å². The van der Waals surface area contributed by atoms with Crippen LogP contribution in [0.1, 0.15) is 15.9 Å². The monoisotopic (exact) mass is 369 g/mol.